The maximum Gasteiger partial charge on any atom is 0.120 e. The number of aryl methyl sites for hydroxylation is 1. The number of nitrogens with one attached hydrogen (secondary N) is 1. The lowest BCUT2D eigenvalue weighted by Crippen LogP contribution is -2.22. The summed E-state index contributed by atoms with van der Waals surface area (Å²) >= 11 is 1.66. The van der Waals surface area contributed by atoms with E-state index in [0.29, 0.717) is 5.75 Å². The molecule has 2 atom stereocenters. The zero-order valence-corrected chi connectivity index (χ0v) is 11.7. The third-order valence-corrected chi connectivity index (χ3v) is 4.06. The maximum atomic E-state index is 9.82. The minimum absolute atomic E-state index is 0.0883. The molecule has 0 aliphatic heterocycles. The molecule has 1 aromatic carbocycles. The van der Waals surface area contributed by atoms with Gasteiger partial charge in [-0.25, -0.2) is 4.98 Å². The van der Waals surface area contributed by atoms with Gasteiger partial charge in [0.05, 0.1) is 6.04 Å². The lowest BCUT2D eigenvalue weighted by Gasteiger charge is -2.19. The second-order valence-corrected chi connectivity index (χ2v) is 5.39. The van der Waals surface area contributed by atoms with E-state index in [9.17, 15) is 5.11 Å². The van der Waals surface area contributed by atoms with Crippen LogP contribution in [0, 0.1) is 6.92 Å². The van der Waals surface area contributed by atoms with Crippen molar-refractivity contribution >= 4 is 11.3 Å². The van der Waals surface area contributed by atoms with Crippen LogP contribution in [0.1, 0.15) is 42.2 Å². The molecule has 18 heavy (non-hydrogen) atoms. The van der Waals surface area contributed by atoms with Crippen LogP contribution >= 0.6 is 11.3 Å². The molecule has 2 N–H and O–H groups in total. The Morgan fingerprint density at radius 1 is 1.22 bits per heavy atom. The van der Waals surface area contributed by atoms with Gasteiger partial charge in [-0.3, -0.25) is 0 Å². The normalized spacial score (nSPS) is 14.4. The molecular weight excluding hydrogens is 244 g/mol. The van der Waals surface area contributed by atoms with Crippen LogP contribution in [0.3, 0.4) is 0 Å². The average Bonchev–Trinajstić information content (AvgIpc) is 2.76. The number of thiazole rings is 1. The minimum atomic E-state index is 0.0883. The summed E-state index contributed by atoms with van der Waals surface area (Å²) in [5, 5.41) is 16.4. The van der Waals surface area contributed by atoms with Crippen molar-refractivity contribution in [2.45, 2.75) is 32.9 Å². The molecule has 0 radical (unpaired) electrons. The van der Waals surface area contributed by atoms with Crippen LogP contribution in [0.2, 0.25) is 0 Å². The van der Waals surface area contributed by atoms with Crippen molar-refractivity contribution in [3.63, 3.8) is 0 Å². The van der Waals surface area contributed by atoms with Crippen LogP contribution in [-0.4, -0.2) is 10.1 Å². The van der Waals surface area contributed by atoms with E-state index in [1.54, 1.807) is 17.4 Å². The van der Waals surface area contributed by atoms with Gasteiger partial charge in [-0.05, 0) is 26.8 Å². The quantitative estimate of drug-likeness (QED) is 0.885. The smallest absolute Gasteiger partial charge is 0.120 e. The lowest BCUT2D eigenvalue weighted by molar-refractivity contribution is 0.438. The van der Waals surface area contributed by atoms with Crippen molar-refractivity contribution in [2.75, 3.05) is 0 Å². The molecular formula is C14H18N2OS. The fraction of sp³-hybridized carbons (Fsp3) is 0.357. The molecule has 0 saturated carbocycles. The van der Waals surface area contributed by atoms with Gasteiger partial charge in [0.15, 0.2) is 0 Å². The molecule has 0 spiro atoms. The Labute approximate surface area is 112 Å². The third-order valence-electron chi connectivity index (χ3n) is 2.91. The Kier molecular flexibility index (Phi) is 3.99. The molecule has 4 heteroatoms. The number of nitrogens with zero attached hydrogens (tertiary/aromatic N) is 1. The van der Waals surface area contributed by atoms with E-state index in [2.05, 4.69) is 22.6 Å². The number of aromatic hydroxyl groups is 1. The topological polar surface area (TPSA) is 45.1 Å². The van der Waals surface area contributed by atoms with E-state index in [1.165, 1.54) is 0 Å². The molecule has 0 amide bonds. The summed E-state index contributed by atoms with van der Waals surface area (Å²) < 4.78 is 0. The summed E-state index contributed by atoms with van der Waals surface area (Å²) in [4.78, 5) is 4.47. The van der Waals surface area contributed by atoms with Crippen molar-refractivity contribution < 1.29 is 5.11 Å². The van der Waals surface area contributed by atoms with Crippen LogP contribution in [0.4, 0.5) is 0 Å². The Hall–Kier alpha value is -1.39. The number of aromatic nitrogens is 1. The third kappa shape index (κ3) is 2.89. The first-order valence-electron chi connectivity index (χ1n) is 6.04. The number of hydrogen-bond acceptors (Lipinski definition) is 4. The first-order chi connectivity index (χ1) is 8.58. The number of rotatable bonds is 4. The number of hydrogen-bond donors (Lipinski definition) is 2. The van der Waals surface area contributed by atoms with Gasteiger partial charge in [-0.15, -0.1) is 11.3 Å². The monoisotopic (exact) mass is 262 g/mol. The molecule has 0 aliphatic carbocycles. The van der Waals surface area contributed by atoms with Crippen LogP contribution in [0.15, 0.2) is 29.6 Å². The summed E-state index contributed by atoms with van der Waals surface area (Å²) in [5.74, 6) is 0.333. The first-order valence-corrected chi connectivity index (χ1v) is 6.92. The summed E-state index contributed by atoms with van der Waals surface area (Å²) in [5.41, 5.74) is 1.97. The lowest BCUT2D eigenvalue weighted by atomic mass is 10.1. The van der Waals surface area contributed by atoms with Gasteiger partial charge in [-0.2, -0.15) is 0 Å². The van der Waals surface area contributed by atoms with Crippen LogP contribution in [-0.2, 0) is 0 Å². The van der Waals surface area contributed by atoms with Crippen molar-refractivity contribution in [1.82, 2.24) is 10.3 Å². The Morgan fingerprint density at radius 2 is 1.94 bits per heavy atom. The molecule has 0 aliphatic rings. The molecule has 1 heterocycles. The molecule has 1 aromatic heterocycles. The van der Waals surface area contributed by atoms with Gasteiger partial charge in [-0.1, -0.05) is 18.2 Å². The second-order valence-electron chi connectivity index (χ2n) is 4.50. The van der Waals surface area contributed by atoms with Crippen molar-refractivity contribution in [2.24, 2.45) is 0 Å². The van der Waals surface area contributed by atoms with E-state index in [1.807, 2.05) is 32.0 Å². The highest BCUT2D eigenvalue weighted by molar-refractivity contribution is 7.09. The molecule has 2 rings (SSSR count). The SMILES string of the molecule is Cc1csc(C(C)NC(C)c2ccccc2O)n1. The predicted molar refractivity (Wildman–Crippen MR) is 74.9 cm³/mol. The fourth-order valence-electron chi connectivity index (χ4n) is 1.96. The number of benzene rings is 1. The second kappa shape index (κ2) is 5.50. The first kappa shape index (κ1) is 13.1. The standard InChI is InChI=1S/C14H18N2OS/c1-9-8-18-14(15-9)11(3)16-10(2)12-6-4-5-7-13(12)17/h4-8,10-11,16-17H,1-3H3. The Balaban J connectivity index is 2.08. The predicted octanol–water partition coefficient (Wildman–Crippen LogP) is 3.57. The molecule has 0 saturated heterocycles. The molecule has 0 bridgehead atoms. The van der Waals surface area contributed by atoms with Gasteiger partial charge in [0.1, 0.15) is 10.8 Å². The molecule has 2 aromatic rings. The average molecular weight is 262 g/mol. The molecule has 3 nitrogen and oxygen atoms in total. The summed E-state index contributed by atoms with van der Waals surface area (Å²) in [6.07, 6.45) is 0. The molecule has 0 fully saturated rings. The van der Waals surface area contributed by atoms with Crippen LogP contribution < -0.4 is 5.32 Å². The summed E-state index contributed by atoms with van der Waals surface area (Å²) in [7, 11) is 0. The highest BCUT2D eigenvalue weighted by atomic mass is 32.1. The largest absolute Gasteiger partial charge is 0.508 e. The summed E-state index contributed by atoms with van der Waals surface area (Å²) in [6.45, 7) is 6.14. The van der Waals surface area contributed by atoms with Crippen LogP contribution in [0.5, 0.6) is 5.75 Å². The van der Waals surface area contributed by atoms with Crippen molar-refractivity contribution in [1.29, 1.82) is 0 Å². The van der Waals surface area contributed by atoms with E-state index in [-0.39, 0.29) is 12.1 Å². The van der Waals surface area contributed by atoms with Gasteiger partial charge >= 0.3 is 0 Å². The van der Waals surface area contributed by atoms with E-state index < -0.39 is 0 Å². The number of phenols is 1. The van der Waals surface area contributed by atoms with E-state index in [0.717, 1.165) is 16.3 Å². The van der Waals surface area contributed by atoms with Crippen molar-refractivity contribution in [3.05, 3.63) is 45.9 Å². The van der Waals surface area contributed by atoms with Gasteiger partial charge in [0, 0.05) is 22.7 Å². The van der Waals surface area contributed by atoms with Gasteiger partial charge in [0.2, 0.25) is 0 Å². The highest BCUT2D eigenvalue weighted by Crippen LogP contribution is 2.26. The fourth-order valence-corrected chi connectivity index (χ4v) is 2.77. The molecule has 2 unspecified atom stereocenters. The zero-order valence-electron chi connectivity index (χ0n) is 10.8. The van der Waals surface area contributed by atoms with Crippen molar-refractivity contribution in [3.8, 4) is 5.75 Å². The Morgan fingerprint density at radius 3 is 2.56 bits per heavy atom. The van der Waals surface area contributed by atoms with Gasteiger partial charge in [0.25, 0.3) is 0 Å². The van der Waals surface area contributed by atoms with E-state index >= 15 is 0 Å². The number of phenolic OH excluding ortho intramolecular Hbond substituents is 1. The van der Waals surface area contributed by atoms with Crippen LogP contribution in [0.25, 0.3) is 0 Å². The summed E-state index contributed by atoms with van der Waals surface area (Å²) in [6, 6.07) is 7.69. The van der Waals surface area contributed by atoms with E-state index in [4.69, 9.17) is 0 Å². The highest BCUT2D eigenvalue weighted by Gasteiger charge is 2.15. The minimum Gasteiger partial charge on any atom is -0.508 e. The maximum absolute atomic E-state index is 9.82. The molecule has 96 valence electrons. The zero-order chi connectivity index (χ0) is 13.1. The number of para-hydroxylation sites is 1. The Bertz CT molecular complexity index is 524. The van der Waals surface area contributed by atoms with Gasteiger partial charge < -0.3 is 10.4 Å².